The lowest BCUT2D eigenvalue weighted by atomic mass is 10.2. The zero-order valence-electron chi connectivity index (χ0n) is 9.10. The Morgan fingerprint density at radius 1 is 1.50 bits per heavy atom. The van der Waals surface area contributed by atoms with E-state index < -0.39 is 0 Å². The van der Waals surface area contributed by atoms with E-state index >= 15 is 0 Å². The summed E-state index contributed by atoms with van der Waals surface area (Å²) < 4.78 is 7.42. The molecule has 0 radical (unpaired) electrons. The summed E-state index contributed by atoms with van der Waals surface area (Å²) in [6, 6.07) is 0.394. The molecule has 80 valence electrons. The average molecular weight is 197 g/mol. The largest absolute Gasteiger partial charge is 0.372 e. The summed E-state index contributed by atoms with van der Waals surface area (Å²) >= 11 is 0. The molecule has 0 bridgehead atoms. The minimum Gasteiger partial charge on any atom is -0.372 e. The first-order valence-corrected chi connectivity index (χ1v) is 5.01. The van der Waals surface area contributed by atoms with Gasteiger partial charge in [0.15, 0.2) is 0 Å². The van der Waals surface area contributed by atoms with Gasteiger partial charge < -0.3 is 10.5 Å². The molecule has 0 spiro atoms. The van der Waals surface area contributed by atoms with Gasteiger partial charge in [-0.05, 0) is 20.8 Å². The van der Waals surface area contributed by atoms with Crippen molar-refractivity contribution in [3.05, 3.63) is 18.0 Å². The summed E-state index contributed by atoms with van der Waals surface area (Å²) in [5.41, 5.74) is 6.47. The van der Waals surface area contributed by atoms with Gasteiger partial charge in [0, 0.05) is 24.3 Å². The molecule has 4 heteroatoms. The van der Waals surface area contributed by atoms with Gasteiger partial charge in [-0.2, -0.15) is 5.10 Å². The molecule has 0 amide bonds. The molecule has 14 heavy (non-hydrogen) atoms. The minimum absolute atomic E-state index is 0.0750. The molecule has 1 rings (SSSR count). The second kappa shape index (κ2) is 5.12. The van der Waals surface area contributed by atoms with Crippen LogP contribution in [-0.4, -0.2) is 22.9 Å². The fraction of sp³-hybridized carbons (Fsp3) is 0.700. The highest BCUT2D eigenvalue weighted by atomic mass is 16.5. The quantitative estimate of drug-likeness (QED) is 0.778. The summed E-state index contributed by atoms with van der Waals surface area (Å²) in [5.74, 6) is 0. The highest BCUT2D eigenvalue weighted by Gasteiger charge is 2.08. The van der Waals surface area contributed by atoms with Crippen LogP contribution in [0.3, 0.4) is 0 Å². The van der Waals surface area contributed by atoms with Crippen molar-refractivity contribution in [3.63, 3.8) is 0 Å². The standard InChI is InChI=1S/C10H19N3O/c1-8(2)13-7-10(6-12-13)9(3)14-5-4-11/h6-9H,4-5,11H2,1-3H3/t9-/m1/s1. The lowest BCUT2D eigenvalue weighted by Gasteiger charge is -2.09. The van der Waals surface area contributed by atoms with Crippen molar-refractivity contribution in [2.75, 3.05) is 13.2 Å². The van der Waals surface area contributed by atoms with Crippen LogP contribution < -0.4 is 5.73 Å². The molecule has 1 atom stereocenters. The number of ether oxygens (including phenoxy) is 1. The van der Waals surface area contributed by atoms with Gasteiger partial charge in [-0.1, -0.05) is 0 Å². The average Bonchev–Trinajstić information content (AvgIpc) is 2.62. The van der Waals surface area contributed by atoms with Crippen LogP contribution in [0.4, 0.5) is 0 Å². The van der Waals surface area contributed by atoms with Gasteiger partial charge in [0.25, 0.3) is 0 Å². The first-order valence-electron chi connectivity index (χ1n) is 5.01. The Bertz CT molecular complexity index is 270. The van der Waals surface area contributed by atoms with Crippen molar-refractivity contribution < 1.29 is 4.74 Å². The molecule has 0 unspecified atom stereocenters. The third-order valence-electron chi connectivity index (χ3n) is 2.11. The third-order valence-corrected chi connectivity index (χ3v) is 2.11. The smallest absolute Gasteiger partial charge is 0.0827 e. The van der Waals surface area contributed by atoms with Crippen molar-refractivity contribution in [1.29, 1.82) is 0 Å². The summed E-state index contributed by atoms with van der Waals surface area (Å²) in [7, 11) is 0. The van der Waals surface area contributed by atoms with Crippen LogP contribution in [0.1, 0.15) is 38.5 Å². The molecule has 0 aliphatic rings. The number of hydrogen-bond donors (Lipinski definition) is 1. The Morgan fingerprint density at radius 2 is 2.21 bits per heavy atom. The topological polar surface area (TPSA) is 53.1 Å². The van der Waals surface area contributed by atoms with E-state index in [2.05, 4.69) is 18.9 Å². The lowest BCUT2D eigenvalue weighted by Crippen LogP contribution is -2.10. The van der Waals surface area contributed by atoms with Gasteiger partial charge in [-0.3, -0.25) is 4.68 Å². The van der Waals surface area contributed by atoms with E-state index in [4.69, 9.17) is 10.5 Å². The lowest BCUT2D eigenvalue weighted by molar-refractivity contribution is 0.0717. The Kier molecular flexibility index (Phi) is 4.10. The van der Waals surface area contributed by atoms with Crippen LogP contribution in [0.5, 0.6) is 0 Å². The second-order valence-electron chi connectivity index (χ2n) is 3.65. The second-order valence-corrected chi connectivity index (χ2v) is 3.65. The molecule has 4 nitrogen and oxygen atoms in total. The van der Waals surface area contributed by atoms with Gasteiger partial charge in [0.05, 0.1) is 18.9 Å². The third kappa shape index (κ3) is 2.82. The molecular weight excluding hydrogens is 178 g/mol. The minimum atomic E-state index is 0.0750. The highest BCUT2D eigenvalue weighted by molar-refractivity contribution is 5.07. The number of aromatic nitrogens is 2. The van der Waals surface area contributed by atoms with E-state index in [1.807, 2.05) is 24.0 Å². The van der Waals surface area contributed by atoms with Gasteiger partial charge >= 0.3 is 0 Å². The molecule has 0 aliphatic heterocycles. The van der Waals surface area contributed by atoms with Crippen molar-refractivity contribution in [3.8, 4) is 0 Å². The van der Waals surface area contributed by atoms with Crippen LogP contribution in [0.2, 0.25) is 0 Å². The summed E-state index contributed by atoms with van der Waals surface area (Å²) in [4.78, 5) is 0. The van der Waals surface area contributed by atoms with Gasteiger partial charge in [0.1, 0.15) is 0 Å². The first kappa shape index (κ1) is 11.2. The first-order chi connectivity index (χ1) is 6.65. The van der Waals surface area contributed by atoms with Crippen molar-refractivity contribution in [2.24, 2.45) is 5.73 Å². The number of nitrogens with two attached hydrogens (primary N) is 1. The molecule has 1 aromatic rings. The maximum absolute atomic E-state index is 5.49. The highest BCUT2D eigenvalue weighted by Crippen LogP contribution is 2.16. The molecule has 1 aromatic heterocycles. The Morgan fingerprint density at radius 3 is 2.71 bits per heavy atom. The van der Waals surface area contributed by atoms with Crippen LogP contribution in [0, 0.1) is 0 Å². The van der Waals surface area contributed by atoms with Crippen molar-refractivity contribution in [2.45, 2.75) is 32.9 Å². The number of rotatable bonds is 5. The predicted molar refractivity (Wildman–Crippen MR) is 56.0 cm³/mol. The van der Waals surface area contributed by atoms with Crippen LogP contribution in [0.15, 0.2) is 12.4 Å². The summed E-state index contributed by atoms with van der Waals surface area (Å²) in [6.07, 6.45) is 3.94. The fourth-order valence-corrected chi connectivity index (χ4v) is 1.19. The predicted octanol–water partition coefficient (Wildman–Crippen LogP) is 1.50. The Labute approximate surface area is 85.0 Å². The maximum Gasteiger partial charge on any atom is 0.0827 e. The summed E-state index contributed by atoms with van der Waals surface area (Å²) in [5, 5.41) is 4.25. The molecule has 0 saturated carbocycles. The van der Waals surface area contributed by atoms with E-state index in [9.17, 15) is 0 Å². The number of nitrogens with zero attached hydrogens (tertiary/aromatic N) is 2. The zero-order valence-corrected chi connectivity index (χ0v) is 9.10. The normalized spacial score (nSPS) is 13.5. The Balaban J connectivity index is 2.57. The molecule has 0 fully saturated rings. The maximum atomic E-state index is 5.49. The van der Waals surface area contributed by atoms with Crippen molar-refractivity contribution in [1.82, 2.24) is 9.78 Å². The SMILES string of the molecule is CC(C)n1cc([C@@H](C)OCCN)cn1. The molecule has 2 N–H and O–H groups in total. The van der Waals surface area contributed by atoms with Crippen LogP contribution in [-0.2, 0) is 4.74 Å². The van der Waals surface area contributed by atoms with Crippen LogP contribution in [0.25, 0.3) is 0 Å². The van der Waals surface area contributed by atoms with Gasteiger partial charge in [0.2, 0.25) is 0 Å². The molecule has 0 aliphatic carbocycles. The van der Waals surface area contributed by atoms with Crippen molar-refractivity contribution >= 4 is 0 Å². The van der Waals surface area contributed by atoms with E-state index in [0.717, 1.165) is 5.56 Å². The Hall–Kier alpha value is -0.870. The summed E-state index contributed by atoms with van der Waals surface area (Å²) in [6.45, 7) is 7.36. The van der Waals surface area contributed by atoms with E-state index in [1.165, 1.54) is 0 Å². The molecular formula is C10H19N3O. The number of hydrogen-bond acceptors (Lipinski definition) is 3. The van der Waals surface area contributed by atoms with E-state index in [1.54, 1.807) is 0 Å². The zero-order chi connectivity index (χ0) is 10.6. The monoisotopic (exact) mass is 197 g/mol. The van der Waals surface area contributed by atoms with Gasteiger partial charge in [-0.25, -0.2) is 0 Å². The molecule has 0 saturated heterocycles. The van der Waals surface area contributed by atoms with E-state index in [-0.39, 0.29) is 6.10 Å². The molecule has 0 aromatic carbocycles. The molecule has 1 heterocycles. The van der Waals surface area contributed by atoms with E-state index in [0.29, 0.717) is 19.2 Å². The fourth-order valence-electron chi connectivity index (χ4n) is 1.19. The van der Waals surface area contributed by atoms with Gasteiger partial charge in [-0.15, -0.1) is 0 Å². The van der Waals surface area contributed by atoms with Crippen LogP contribution >= 0.6 is 0 Å².